The van der Waals surface area contributed by atoms with E-state index in [1.807, 2.05) is 0 Å². The number of hydrogen-bond donors (Lipinski definition) is 2. The van der Waals surface area contributed by atoms with Gasteiger partial charge in [-0.3, -0.25) is 4.79 Å². The highest BCUT2D eigenvalue weighted by Gasteiger charge is 2.32. The molecule has 0 saturated carbocycles. The highest BCUT2D eigenvalue weighted by molar-refractivity contribution is 7.90. The molecule has 2 rings (SSSR count). The second-order valence-corrected chi connectivity index (χ2v) is 6.84. The molecule has 110 valence electrons. The summed E-state index contributed by atoms with van der Waals surface area (Å²) in [5.74, 6) is -0.450. The number of carbonyl (C=O) groups is 1. The van der Waals surface area contributed by atoms with Crippen LogP contribution in [0.3, 0.4) is 0 Å². The van der Waals surface area contributed by atoms with Crippen LogP contribution in [0.5, 0.6) is 0 Å². The van der Waals surface area contributed by atoms with Gasteiger partial charge in [0.2, 0.25) is 5.91 Å². The van der Waals surface area contributed by atoms with Crippen LogP contribution in [0.25, 0.3) is 0 Å². The molecule has 2 unspecified atom stereocenters. The third kappa shape index (κ3) is 3.36. The van der Waals surface area contributed by atoms with Gasteiger partial charge >= 0.3 is 0 Å². The molecule has 1 heterocycles. The van der Waals surface area contributed by atoms with Gasteiger partial charge < -0.3 is 15.4 Å². The van der Waals surface area contributed by atoms with Crippen LogP contribution in [0, 0.1) is 5.92 Å². The number of sulfone groups is 1. The van der Waals surface area contributed by atoms with E-state index >= 15 is 0 Å². The lowest BCUT2D eigenvalue weighted by atomic mass is 10.0. The molecule has 1 aromatic rings. The van der Waals surface area contributed by atoms with Gasteiger partial charge in [0.15, 0.2) is 9.84 Å². The first-order valence-electron chi connectivity index (χ1n) is 6.28. The van der Waals surface area contributed by atoms with Gasteiger partial charge in [0.1, 0.15) is 0 Å². The smallest absolute Gasteiger partial charge is 0.231 e. The van der Waals surface area contributed by atoms with Crippen LogP contribution in [0.4, 0.5) is 5.69 Å². The molecule has 1 aliphatic rings. The standard InChI is InChI=1S/C13H18N2O4S/c1-14-12-8-19-7-11(12)13(16)15-9-4-3-5-10(6-9)20(2,17)18/h3-6,11-12,14H,7-8H2,1-2H3,(H,15,16). The van der Waals surface area contributed by atoms with Crippen LogP contribution >= 0.6 is 0 Å². The van der Waals surface area contributed by atoms with Crippen LogP contribution in [0.2, 0.25) is 0 Å². The number of likely N-dealkylation sites (N-methyl/N-ethyl adjacent to an activating group) is 1. The van der Waals surface area contributed by atoms with E-state index in [1.54, 1.807) is 19.2 Å². The molecule has 0 spiro atoms. The third-order valence-electron chi connectivity index (χ3n) is 3.32. The van der Waals surface area contributed by atoms with Gasteiger partial charge in [-0.25, -0.2) is 8.42 Å². The zero-order valence-corrected chi connectivity index (χ0v) is 12.2. The minimum atomic E-state index is -3.28. The minimum absolute atomic E-state index is 0.0203. The molecule has 1 aliphatic heterocycles. The molecular weight excluding hydrogens is 280 g/mol. The van der Waals surface area contributed by atoms with E-state index in [1.165, 1.54) is 12.1 Å². The fraction of sp³-hybridized carbons (Fsp3) is 0.462. The monoisotopic (exact) mass is 298 g/mol. The number of amides is 1. The van der Waals surface area contributed by atoms with Crippen LogP contribution in [-0.4, -0.2) is 46.9 Å². The minimum Gasteiger partial charge on any atom is -0.379 e. The Morgan fingerprint density at radius 1 is 1.35 bits per heavy atom. The van der Waals surface area contributed by atoms with Gasteiger partial charge in [-0.05, 0) is 25.2 Å². The van der Waals surface area contributed by atoms with Crippen LogP contribution in [0.1, 0.15) is 0 Å². The number of hydrogen-bond acceptors (Lipinski definition) is 5. The van der Waals surface area contributed by atoms with Crippen molar-refractivity contribution in [3.05, 3.63) is 24.3 Å². The van der Waals surface area contributed by atoms with E-state index in [0.29, 0.717) is 18.9 Å². The topological polar surface area (TPSA) is 84.5 Å². The summed E-state index contributed by atoms with van der Waals surface area (Å²) < 4.78 is 28.2. The number of anilines is 1. The quantitative estimate of drug-likeness (QED) is 0.833. The number of carbonyl (C=O) groups excluding carboxylic acids is 1. The molecule has 7 heteroatoms. The summed E-state index contributed by atoms with van der Waals surface area (Å²) in [6.07, 6.45) is 1.13. The Kier molecular flexibility index (Phi) is 4.42. The van der Waals surface area contributed by atoms with E-state index in [2.05, 4.69) is 10.6 Å². The van der Waals surface area contributed by atoms with Gasteiger partial charge in [-0.1, -0.05) is 6.07 Å². The first-order valence-corrected chi connectivity index (χ1v) is 8.17. The van der Waals surface area contributed by atoms with Gasteiger partial charge in [-0.2, -0.15) is 0 Å². The Balaban J connectivity index is 2.12. The molecule has 1 aromatic carbocycles. The maximum Gasteiger partial charge on any atom is 0.231 e. The molecule has 1 amide bonds. The molecule has 2 N–H and O–H groups in total. The first-order chi connectivity index (χ1) is 9.41. The SMILES string of the molecule is CNC1COCC1C(=O)Nc1cccc(S(C)(=O)=O)c1. The fourth-order valence-electron chi connectivity index (χ4n) is 2.14. The molecule has 0 aliphatic carbocycles. The zero-order chi connectivity index (χ0) is 14.8. The van der Waals surface area contributed by atoms with Crippen molar-refractivity contribution >= 4 is 21.4 Å². The van der Waals surface area contributed by atoms with Crippen molar-refractivity contribution in [3.63, 3.8) is 0 Å². The van der Waals surface area contributed by atoms with Crippen molar-refractivity contribution in [2.75, 3.05) is 31.8 Å². The predicted molar refractivity (Wildman–Crippen MR) is 75.3 cm³/mol. The van der Waals surface area contributed by atoms with E-state index in [0.717, 1.165) is 6.26 Å². The van der Waals surface area contributed by atoms with Crippen molar-refractivity contribution in [3.8, 4) is 0 Å². The average molecular weight is 298 g/mol. The van der Waals surface area contributed by atoms with Crippen molar-refractivity contribution in [2.45, 2.75) is 10.9 Å². The third-order valence-corrected chi connectivity index (χ3v) is 4.43. The van der Waals surface area contributed by atoms with Crippen LogP contribution < -0.4 is 10.6 Å². The molecule has 2 atom stereocenters. The molecule has 0 aromatic heterocycles. The number of nitrogens with one attached hydrogen (secondary N) is 2. The second kappa shape index (κ2) is 5.90. The second-order valence-electron chi connectivity index (χ2n) is 4.83. The summed E-state index contributed by atoms with van der Waals surface area (Å²) in [4.78, 5) is 12.3. The fourth-order valence-corrected chi connectivity index (χ4v) is 2.80. The van der Waals surface area contributed by atoms with Gasteiger partial charge in [0, 0.05) is 18.0 Å². The summed E-state index contributed by atoms with van der Waals surface area (Å²) in [5.41, 5.74) is 0.472. The maximum atomic E-state index is 12.2. The normalized spacial score (nSPS) is 22.7. The molecule has 1 fully saturated rings. The Hall–Kier alpha value is -1.44. The molecule has 0 radical (unpaired) electrons. The summed E-state index contributed by atoms with van der Waals surface area (Å²) in [6, 6.07) is 6.20. The van der Waals surface area contributed by atoms with E-state index < -0.39 is 9.84 Å². The van der Waals surface area contributed by atoms with Crippen molar-refractivity contribution in [2.24, 2.45) is 5.92 Å². The van der Waals surface area contributed by atoms with E-state index in [-0.39, 0.29) is 22.8 Å². The molecule has 0 bridgehead atoms. The number of benzene rings is 1. The summed E-state index contributed by atoms with van der Waals surface area (Å²) >= 11 is 0. The van der Waals surface area contributed by atoms with Gasteiger partial charge in [-0.15, -0.1) is 0 Å². The van der Waals surface area contributed by atoms with Crippen molar-refractivity contribution in [1.29, 1.82) is 0 Å². The van der Waals surface area contributed by atoms with Gasteiger partial charge in [0.05, 0.1) is 24.0 Å². The van der Waals surface area contributed by atoms with Crippen molar-refractivity contribution < 1.29 is 17.9 Å². The Bertz CT molecular complexity index is 600. The molecule has 6 nitrogen and oxygen atoms in total. The Morgan fingerprint density at radius 3 is 2.75 bits per heavy atom. The Morgan fingerprint density at radius 2 is 2.10 bits per heavy atom. The lowest BCUT2D eigenvalue weighted by Crippen LogP contribution is -2.39. The van der Waals surface area contributed by atoms with E-state index in [4.69, 9.17) is 4.74 Å². The summed E-state index contributed by atoms with van der Waals surface area (Å²) in [6.45, 7) is 0.862. The summed E-state index contributed by atoms with van der Waals surface area (Å²) in [7, 11) is -1.50. The zero-order valence-electron chi connectivity index (χ0n) is 11.4. The average Bonchev–Trinajstić information content (AvgIpc) is 2.86. The lowest BCUT2D eigenvalue weighted by Gasteiger charge is -2.16. The van der Waals surface area contributed by atoms with E-state index in [9.17, 15) is 13.2 Å². The maximum absolute atomic E-state index is 12.2. The van der Waals surface area contributed by atoms with Crippen LogP contribution in [0.15, 0.2) is 29.2 Å². The Labute approximate surface area is 118 Å². The number of ether oxygens (including phenoxy) is 1. The molecule has 1 saturated heterocycles. The highest BCUT2D eigenvalue weighted by Crippen LogP contribution is 2.19. The molecule has 20 heavy (non-hydrogen) atoms. The molecular formula is C13H18N2O4S. The van der Waals surface area contributed by atoms with Crippen LogP contribution in [-0.2, 0) is 19.4 Å². The lowest BCUT2D eigenvalue weighted by molar-refractivity contribution is -0.120. The number of rotatable bonds is 4. The van der Waals surface area contributed by atoms with Crippen molar-refractivity contribution in [1.82, 2.24) is 5.32 Å². The highest BCUT2D eigenvalue weighted by atomic mass is 32.2. The summed E-state index contributed by atoms with van der Waals surface area (Å²) in [5, 5.41) is 5.77. The first kappa shape index (κ1) is 15.0. The van der Waals surface area contributed by atoms with Gasteiger partial charge in [0.25, 0.3) is 0 Å². The largest absolute Gasteiger partial charge is 0.379 e. The predicted octanol–water partition coefficient (Wildman–Crippen LogP) is 0.263.